The Morgan fingerprint density at radius 1 is 1.17 bits per heavy atom. The lowest BCUT2D eigenvalue weighted by Crippen LogP contribution is -2.26. The zero-order valence-corrected chi connectivity index (χ0v) is 6.91. The Kier molecular flexibility index (Phi) is 3.08. The topological polar surface area (TPSA) is 69.4 Å². The summed E-state index contributed by atoms with van der Waals surface area (Å²) in [4.78, 5) is 21.3. The number of carbonyl (C=O) groups is 2. The van der Waals surface area contributed by atoms with Gasteiger partial charge in [0.15, 0.2) is 0 Å². The van der Waals surface area contributed by atoms with Crippen LogP contribution in [0.15, 0.2) is 0 Å². The summed E-state index contributed by atoms with van der Waals surface area (Å²) >= 11 is 0. The zero-order valence-electron chi connectivity index (χ0n) is 6.91. The molecule has 0 radical (unpaired) electrons. The summed E-state index contributed by atoms with van der Waals surface area (Å²) in [5.74, 6) is -0.562. The van der Waals surface area contributed by atoms with Crippen molar-refractivity contribution in [2.24, 2.45) is 11.7 Å². The molecule has 0 heterocycles. The third-order valence-corrected chi connectivity index (χ3v) is 2.14. The van der Waals surface area contributed by atoms with Crippen LogP contribution in [0.3, 0.4) is 0 Å². The molecule has 0 aromatic rings. The lowest BCUT2D eigenvalue weighted by Gasteiger charge is -2.18. The van der Waals surface area contributed by atoms with Crippen LogP contribution in [0, 0.1) is 5.92 Å². The maximum atomic E-state index is 11.1. The fraction of sp³-hybridized carbons (Fsp3) is 0.750. The number of nitrogens with two attached hydrogens (primary N) is 1. The van der Waals surface area contributed by atoms with Gasteiger partial charge in [-0.1, -0.05) is 19.3 Å². The fourth-order valence-electron chi connectivity index (χ4n) is 1.52. The maximum absolute atomic E-state index is 11.1. The fourth-order valence-corrected chi connectivity index (χ4v) is 1.52. The van der Waals surface area contributed by atoms with Gasteiger partial charge < -0.3 is 10.5 Å². The van der Waals surface area contributed by atoms with Crippen molar-refractivity contribution in [3.05, 3.63) is 0 Å². The number of carbonyl (C=O) groups excluding carboxylic acids is 2. The van der Waals surface area contributed by atoms with Crippen LogP contribution in [0.25, 0.3) is 0 Å². The Labute approximate surface area is 71.1 Å². The molecule has 0 unspecified atom stereocenters. The molecule has 1 aliphatic rings. The first-order valence-corrected chi connectivity index (χ1v) is 4.21. The Bertz CT molecular complexity index is 185. The lowest BCUT2D eigenvalue weighted by molar-refractivity contribution is -0.142. The molecule has 12 heavy (non-hydrogen) atoms. The molecule has 4 nitrogen and oxygen atoms in total. The van der Waals surface area contributed by atoms with E-state index in [1.165, 1.54) is 6.42 Å². The van der Waals surface area contributed by atoms with E-state index in [0.717, 1.165) is 25.7 Å². The molecule has 1 amide bonds. The Balaban J connectivity index is 2.34. The molecule has 1 rings (SSSR count). The largest absolute Gasteiger partial charge is 0.412 e. The van der Waals surface area contributed by atoms with Crippen LogP contribution in [0.2, 0.25) is 0 Å². The van der Waals surface area contributed by atoms with Crippen molar-refractivity contribution >= 4 is 12.1 Å². The predicted molar refractivity (Wildman–Crippen MR) is 42.3 cm³/mol. The number of amides is 1. The normalized spacial score (nSPS) is 18.7. The summed E-state index contributed by atoms with van der Waals surface area (Å²) in [6.45, 7) is 0. The van der Waals surface area contributed by atoms with Crippen LogP contribution in [0.1, 0.15) is 32.1 Å². The van der Waals surface area contributed by atoms with Crippen molar-refractivity contribution in [1.29, 1.82) is 0 Å². The van der Waals surface area contributed by atoms with Gasteiger partial charge >= 0.3 is 12.1 Å². The van der Waals surface area contributed by atoms with Crippen LogP contribution in [0.4, 0.5) is 4.79 Å². The van der Waals surface area contributed by atoms with Gasteiger partial charge in [0.25, 0.3) is 0 Å². The number of hydrogen-bond donors (Lipinski definition) is 1. The number of hydrogen-bond acceptors (Lipinski definition) is 3. The second-order valence-electron chi connectivity index (χ2n) is 3.08. The summed E-state index contributed by atoms with van der Waals surface area (Å²) in [7, 11) is 0. The van der Waals surface area contributed by atoms with E-state index in [1.807, 2.05) is 0 Å². The van der Waals surface area contributed by atoms with Gasteiger partial charge in [0.1, 0.15) is 0 Å². The van der Waals surface area contributed by atoms with Gasteiger partial charge in [0.2, 0.25) is 0 Å². The standard InChI is InChI=1S/C8H13NO3/c9-8(11)12-7(10)6-4-2-1-3-5-6/h6H,1-5H2,(H2,9,11). The van der Waals surface area contributed by atoms with Crippen LogP contribution >= 0.6 is 0 Å². The summed E-state index contributed by atoms with van der Waals surface area (Å²) in [6.07, 6.45) is 3.90. The molecule has 0 aliphatic heterocycles. The average Bonchev–Trinajstić information content (AvgIpc) is 2.05. The molecule has 0 bridgehead atoms. The molecular formula is C8H13NO3. The molecule has 1 saturated carbocycles. The highest BCUT2D eigenvalue weighted by molar-refractivity contribution is 5.85. The van der Waals surface area contributed by atoms with E-state index in [2.05, 4.69) is 4.74 Å². The Morgan fingerprint density at radius 2 is 1.75 bits per heavy atom. The van der Waals surface area contributed by atoms with Gasteiger partial charge in [-0.3, -0.25) is 4.79 Å². The molecule has 68 valence electrons. The van der Waals surface area contributed by atoms with E-state index in [9.17, 15) is 9.59 Å². The smallest absolute Gasteiger partial charge is 0.376 e. The number of primary amides is 1. The van der Waals surface area contributed by atoms with Crippen LogP contribution in [-0.4, -0.2) is 12.1 Å². The quantitative estimate of drug-likeness (QED) is 0.476. The minimum absolute atomic E-state index is 0.105. The lowest BCUT2D eigenvalue weighted by atomic mass is 9.89. The first-order chi connectivity index (χ1) is 5.70. The second-order valence-corrected chi connectivity index (χ2v) is 3.08. The molecule has 4 heteroatoms. The van der Waals surface area contributed by atoms with Crippen LogP contribution < -0.4 is 5.73 Å². The highest BCUT2D eigenvalue weighted by Gasteiger charge is 2.23. The molecule has 0 saturated heterocycles. The SMILES string of the molecule is NC(=O)OC(=O)C1CCCCC1. The summed E-state index contributed by atoms with van der Waals surface area (Å²) in [5.41, 5.74) is 4.72. The van der Waals surface area contributed by atoms with Crippen molar-refractivity contribution < 1.29 is 14.3 Å². The van der Waals surface area contributed by atoms with Gasteiger partial charge in [-0.05, 0) is 12.8 Å². The summed E-state index contributed by atoms with van der Waals surface area (Å²) in [6, 6.07) is 0. The van der Waals surface area contributed by atoms with E-state index in [4.69, 9.17) is 5.73 Å². The third-order valence-electron chi connectivity index (χ3n) is 2.14. The summed E-state index contributed by atoms with van der Waals surface area (Å²) in [5, 5.41) is 0. The Hall–Kier alpha value is -1.06. The van der Waals surface area contributed by atoms with Crippen LogP contribution in [0.5, 0.6) is 0 Å². The van der Waals surface area contributed by atoms with E-state index in [0.29, 0.717) is 0 Å². The van der Waals surface area contributed by atoms with Crippen molar-refractivity contribution in [2.45, 2.75) is 32.1 Å². The monoisotopic (exact) mass is 171 g/mol. The minimum Gasteiger partial charge on any atom is -0.376 e. The second kappa shape index (κ2) is 4.09. The zero-order chi connectivity index (χ0) is 8.97. The highest BCUT2D eigenvalue weighted by atomic mass is 16.6. The summed E-state index contributed by atoms with van der Waals surface area (Å²) < 4.78 is 4.29. The molecule has 2 N–H and O–H groups in total. The van der Waals surface area contributed by atoms with Gasteiger partial charge in [0.05, 0.1) is 5.92 Å². The predicted octanol–water partition coefficient (Wildman–Crippen LogP) is 1.19. The van der Waals surface area contributed by atoms with Gasteiger partial charge in [0, 0.05) is 0 Å². The molecule has 1 fully saturated rings. The van der Waals surface area contributed by atoms with Crippen LogP contribution in [-0.2, 0) is 9.53 Å². The van der Waals surface area contributed by atoms with Gasteiger partial charge in [-0.25, -0.2) is 4.79 Å². The molecule has 0 atom stereocenters. The molecule has 0 aromatic carbocycles. The highest BCUT2D eigenvalue weighted by Crippen LogP contribution is 2.24. The molecule has 0 aromatic heterocycles. The number of ether oxygens (including phenoxy) is 1. The third kappa shape index (κ3) is 2.53. The minimum atomic E-state index is -0.995. The van der Waals surface area contributed by atoms with E-state index >= 15 is 0 Å². The maximum Gasteiger partial charge on any atom is 0.412 e. The van der Waals surface area contributed by atoms with E-state index < -0.39 is 12.1 Å². The molecular weight excluding hydrogens is 158 g/mol. The number of esters is 1. The molecule has 0 spiro atoms. The van der Waals surface area contributed by atoms with Crippen molar-refractivity contribution in [3.63, 3.8) is 0 Å². The first kappa shape index (κ1) is 9.03. The van der Waals surface area contributed by atoms with Gasteiger partial charge in [-0.15, -0.1) is 0 Å². The van der Waals surface area contributed by atoms with E-state index in [1.54, 1.807) is 0 Å². The van der Waals surface area contributed by atoms with E-state index in [-0.39, 0.29) is 5.92 Å². The van der Waals surface area contributed by atoms with Gasteiger partial charge in [-0.2, -0.15) is 0 Å². The van der Waals surface area contributed by atoms with Crippen molar-refractivity contribution in [1.82, 2.24) is 0 Å². The van der Waals surface area contributed by atoms with Crippen molar-refractivity contribution in [3.8, 4) is 0 Å². The Morgan fingerprint density at radius 3 is 2.25 bits per heavy atom. The first-order valence-electron chi connectivity index (χ1n) is 4.21. The molecule has 1 aliphatic carbocycles. The number of rotatable bonds is 1. The average molecular weight is 171 g/mol. The van der Waals surface area contributed by atoms with Crippen molar-refractivity contribution in [2.75, 3.05) is 0 Å².